The van der Waals surface area contributed by atoms with E-state index < -0.39 is 17.6 Å². The molecule has 2 N–H and O–H groups in total. The maximum atomic E-state index is 12.6. The number of benzene rings is 1. The molecule has 7 heteroatoms. The second-order valence-electron chi connectivity index (χ2n) is 4.71. The number of methoxy groups -OCH3 is 1. The molecular weight excluding hydrogens is 273 g/mol. The van der Waals surface area contributed by atoms with E-state index in [4.69, 9.17) is 4.74 Å². The van der Waals surface area contributed by atoms with Crippen LogP contribution in [-0.2, 0) is 4.79 Å². The van der Waals surface area contributed by atoms with Crippen molar-refractivity contribution < 1.29 is 22.7 Å². The highest BCUT2D eigenvalue weighted by Gasteiger charge is 2.63. The molecule has 1 amide bonds. The van der Waals surface area contributed by atoms with Crippen LogP contribution in [0.4, 0.5) is 18.9 Å². The minimum Gasteiger partial charge on any atom is -0.497 e. The molecule has 0 heterocycles. The Bertz CT molecular complexity index is 481. The molecule has 0 radical (unpaired) electrons. The highest BCUT2D eigenvalue weighted by Crippen LogP contribution is 2.48. The van der Waals surface area contributed by atoms with Gasteiger partial charge in [0.1, 0.15) is 11.3 Å². The number of ether oxygens (including phenoxy) is 1. The Morgan fingerprint density at radius 2 is 1.90 bits per heavy atom. The quantitative estimate of drug-likeness (QED) is 0.874. The Morgan fingerprint density at radius 1 is 1.30 bits per heavy atom. The van der Waals surface area contributed by atoms with Gasteiger partial charge in [0.15, 0.2) is 0 Å². The van der Waals surface area contributed by atoms with Crippen LogP contribution in [0, 0.1) is 0 Å². The van der Waals surface area contributed by atoms with Gasteiger partial charge in [-0.15, -0.1) is 0 Å². The lowest BCUT2D eigenvalue weighted by Crippen LogP contribution is -2.47. The number of hydrogen-bond acceptors (Lipinski definition) is 3. The number of carbonyl (C=O) groups excluding carboxylic acids is 1. The van der Waals surface area contributed by atoms with Gasteiger partial charge in [0.05, 0.1) is 13.7 Å². The number of halogens is 3. The lowest BCUT2D eigenvalue weighted by molar-refractivity contribution is -0.165. The van der Waals surface area contributed by atoms with Crippen LogP contribution in [0.1, 0.15) is 12.8 Å². The van der Waals surface area contributed by atoms with E-state index in [0.717, 1.165) is 0 Å². The number of anilines is 1. The molecule has 20 heavy (non-hydrogen) atoms. The second-order valence-corrected chi connectivity index (χ2v) is 4.71. The second kappa shape index (κ2) is 5.32. The van der Waals surface area contributed by atoms with Crippen molar-refractivity contribution in [3.8, 4) is 5.75 Å². The number of alkyl halides is 3. The van der Waals surface area contributed by atoms with Crippen LogP contribution >= 0.6 is 0 Å². The van der Waals surface area contributed by atoms with Gasteiger partial charge in [0.25, 0.3) is 0 Å². The number of hydrogen-bond donors (Lipinski definition) is 2. The average molecular weight is 288 g/mol. The topological polar surface area (TPSA) is 50.4 Å². The van der Waals surface area contributed by atoms with E-state index in [9.17, 15) is 18.0 Å². The zero-order chi connectivity index (χ0) is 14.8. The fourth-order valence-corrected chi connectivity index (χ4v) is 1.81. The monoisotopic (exact) mass is 288 g/mol. The van der Waals surface area contributed by atoms with Gasteiger partial charge in [0.2, 0.25) is 5.91 Å². The van der Waals surface area contributed by atoms with E-state index in [1.54, 1.807) is 24.3 Å². The van der Waals surface area contributed by atoms with Gasteiger partial charge in [-0.1, -0.05) is 0 Å². The molecule has 0 atom stereocenters. The molecule has 1 aliphatic rings. The molecule has 1 saturated carbocycles. The maximum absolute atomic E-state index is 12.6. The Hall–Kier alpha value is -1.76. The Morgan fingerprint density at radius 3 is 2.35 bits per heavy atom. The highest BCUT2D eigenvalue weighted by molar-refractivity contribution is 5.92. The normalized spacial score (nSPS) is 16.6. The van der Waals surface area contributed by atoms with Crippen LogP contribution < -0.4 is 15.4 Å². The molecule has 1 aromatic rings. The zero-order valence-corrected chi connectivity index (χ0v) is 10.9. The first-order chi connectivity index (χ1) is 9.36. The largest absolute Gasteiger partial charge is 0.497 e. The average Bonchev–Trinajstić information content (AvgIpc) is 3.18. The summed E-state index contributed by atoms with van der Waals surface area (Å²) < 4.78 is 42.9. The summed E-state index contributed by atoms with van der Waals surface area (Å²) in [7, 11) is 1.52. The molecule has 0 aliphatic heterocycles. The summed E-state index contributed by atoms with van der Waals surface area (Å²) >= 11 is 0. The van der Waals surface area contributed by atoms with Crippen molar-refractivity contribution in [2.45, 2.75) is 24.6 Å². The van der Waals surface area contributed by atoms with Crippen molar-refractivity contribution in [3.05, 3.63) is 24.3 Å². The molecule has 0 unspecified atom stereocenters. The highest BCUT2D eigenvalue weighted by atomic mass is 19.4. The van der Waals surface area contributed by atoms with Crippen molar-refractivity contribution in [2.75, 3.05) is 19.0 Å². The lowest BCUT2D eigenvalue weighted by atomic mass is 10.2. The van der Waals surface area contributed by atoms with Crippen LogP contribution in [0.25, 0.3) is 0 Å². The maximum Gasteiger partial charge on any atom is 0.406 e. The molecule has 0 saturated heterocycles. The molecule has 1 aliphatic carbocycles. The van der Waals surface area contributed by atoms with Gasteiger partial charge in [-0.2, -0.15) is 13.2 Å². The predicted octanol–water partition coefficient (Wildman–Crippen LogP) is 2.32. The van der Waals surface area contributed by atoms with Gasteiger partial charge in [-0.05, 0) is 37.1 Å². The molecular formula is C13H15F3N2O2. The van der Waals surface area contributed by atoms with Gasteiger partial charge in [-0.25, -0.2) is 0 Å². The minimum atomic E-state index is -4.31. The smallest absolute Gasteiger partial charge is 0.406 e. The number of carbonyl (C=O) groups is 1. The third kappa shape index (κ3) is 3.22. The summed E-state index contributed by atoms with van der Waals surface area (Å²) in [6.07, 6.45) is -4.27. The summed E-state index contributed by atoms with van der Waals surface area (Å²) in [5.41, 5.74) is -1.36. The lowest BCUT2D eigenvalue weighted by Gasteiger charge is -2.20. The van der Waals surface area contributed by atoms with Gasteiger partial charge >= 0.3 is 6.18 Å². The van der Waals surface area contributed by atoms with E-state index in [1.807, 2.05) is 0 Å². The minimum absolute atomic E-state index is 0.0202. The molecule has 0 spiro atoms. The first kappa shape index (κ1) is 14.6. The standard InChI is InChI=1S/C13H15F3N2O2/c1-20-10-4-2-9(3-5-10)18-11(19)8-17-12(6-7-12)13(14,15)16/h2-5,17H,6-8H2,1H3,(H,18,19). The molecule has 2 rings (SSSR count). The van der Waals surface area contributed by atoms with Gasteiger partial charge in [-0.3, -0.25) is 10.1 Å². The summed E-state index contributed by atoms with van der Waals surface area (Å²) in [5.74, 6) is 0.126. The third-order valence-electron chi connectivity index (χ3n) is 3.25. The third-order valence-corrected chi connectivity index (χ3v) is 3.25. The van der Waals surface area contributed by atoms with Crippen LogP contribution in [0.3, 0.4) is 0 Å². The summed E-state index contributed by atoms with van der Waals surface area (Å²) in [4.78, 5) is 11.6. The molecule has 110 valence electrons. The van der Waals surface area contributed by atoms with Crippen LogP contribution in [0.15, 0.2) is 24.3 Å². The first-order valence-corrected chi connectivity index (χ1v) is 6.12. The van der Waals surface area contributed by atoms with Crippen LogP contribution in [-0.4, -0.2) is 31.3 Å². The molecule has 1 fully saturated rings. The Balaban J connectivity index is 1.84. The van der Waals surface area contributed by atoms with E-state index in [1.165, 1.54) is 7.11 Å². The van der Waals surface area contributed by atoms with E-state index in [-0.39, 0.29) is 19.4 Å². The van der Waals surface area contributed by atoms with E-state index in [0.29, 0.717) is 11.4 Å². The van der Waals surface area contributed by atoms with Crippen molar-refractivity contribution >= 4 is 11.6 Å². The summed E-state index contributed by atoms with van der Waals surface area (Å²) in [6.45, 7) is -0.370. The van der Waals surface area contributed by atoms with Crippen molar-refractivity contribution in [1.29, 1.82) is 0 Å². The molecule has 0 bridgehead atoms. The summed E-state index contributed by atoms with van der Waals surface area (Å²) in [5, 5.41) is 4.81. The Labute approximate surface area is 114 Å². The van der Waals surface area contributed by atoms with E-state index >= 15 is 0 Å². The van der Waals surface area contributed by atoms with Crippen LogP contribution in [0.2, 0.25) is 0 Å². The van der Waals surface area contributed by atoms with Crippen molar-refractivity contribution in [3.63, 3.8) is 0 Å². The Kier molecular flexibility index (Phi) is 3.89. The fraction of sp³-hybridized carbons (Fsp3) is 0.462. The van der Waals surface area contributed by atoms with Crippen molar-refractivity contribution in [1.82, 2.24) is 5.32 Å². The first-order valence-electron chi connectivity index (χ1n) is 6.12. The van der Waals surface area contributed by atoms with Crippen molar-refractivity contribution in [2.24, 2.45) is 0 Å². The van der Waals surface area contributed by atoms with E-state index in [2.05, 4.69) is 10.6 Å². The van der Waals surface area contributed by atoms with Crippen LogP contribution in [0.5, 0.6) is 5.75 Å². The van der Waals surface area contributed by atoms with Gasteiger partial charge in [0, 0.05) is 5.69 Å². The molecule has 0 aromatic heterocycles. The summed E-state index contributed by atoms with van der Waals surface area (Å²) in [6, 6.07) is 6.54. The fourth-order valence-electron chi connectivity index (χ4n) is 1.81. The predicted molar refractivity (Wildman–Crippen MR) is 67.6 cm³/mol. The van der Waals surface area contributed by atoms with Gasteiger partial charge < -0.3 is 10.1 Å². The molecule has 1 aromatic carbocycles. The SMILES string of the molecule is COc1ccc(NC(=O)CNC2(C(F)(F)F)CC2)cc1. The number of nitrogens with one attached hydrogen (secondary N) is 2. The number of amides is 1. The molecule has 4 nitrogen and oxygen atoms in total. The number of rotatable bonds is 5. The zero-order valence-electron chi connectivity index (χ0n) is 10.9.